The van der Waals surface area contributed by atoms with Gasteiger partial charge in [-0.05, 0) is 0 Å². The molecule has 0 aromatic carbocycles. The van der Waals surface area contributed by atoms with Gasteiger partial charge in [-0.1, -0.05) is 0 Å². The second kappa shape index (κ2) is 8.44. The third-order valence-corrected chi connectivity index (χ3v) is 2.23. The molecular weight excluding hydrogens is 260 g/mol. The highest BCUT2D eigenvalue weighted by molar-refractivity contribution is 5.90. The standard InChI is InChI=1S/C11H18O8/c1-15-7-19-11(10(14)18-4,5-8(12)16-2)6-9(13)17-3/h5-7H2,1-4H3/i4D3. The van der Waals surface area contributed by atoms with Crippen molar-refractivity contribution in [3.63, 3.8) is 0 Å². The molecule has 0 aromatic rings. The first kappa shape index (κ1) is 12.4. The van der Waals surface area contributed by atoms with Crippen molar-refractivity contribution in [3.05, 3.63) is 0 Å². The Morgan fingerprint density at radius 2 is 1.53 bits per heavy atom. The van der Waals surface area contributed by atoms with E-state index in [1.807, 2.05) is 0 Å². The molecular formula is C11H18O8. The van der Waals surface area contributed by atoms with Gasteiger partial charge in [-0.3, -0.25) is 9.59 Å². The molecule has 0 aliphatic rings. The number of carbonyl (C=O) groups excluding carboxylic acids is 3. The highest BCUT2D eigenvalue weighted by atomic mass is 16.7. The molecule has 110 valence electrons. The molecule has 0 rings (SSSR count). The Morgan fingerprint density at radius 3 is 1.89 bits per heavy atom. The van der Waals surface area contributed by atoms with Gasteiger partial charge in [0.1, 0.15) is 6.79 Å². The highest BCUT2D eigenvalue weighted by Gasteiger charge is 2.46. The number of rotatable bonds is 8. The summed E-state index contributed by atoms with van der Waals surface area (Å²) in [7, 11) is 0.258. The maximum absolute atomic E-state index is 12.1. The smallest absolute Gasteiger partial charge is 0.339 e. The van der Waals surface area contributed by atoms with Crippen molar-refractivity contribution in [3.8, 4) is 0 Å². The van der Waals surface area contributed by atoms with Gasteiger partial charge < -0.3 is 23.7 Å². The van der Waals surface area contributed by atoms with E-state index >= 15 is 0 Å². The van der Waals surface area contributed by atoms with Crippen LogP contribution in [0.15, 0.2) is 0 Å². The maximum atomic E-state index is 12.1. The molecule has 0 radical (unpaired) electrons. The fraction of sp³-hybridized carbons (Fsp3) is 0.727. The molecule has 0 saturated carbocycles. The molecule has 19 heavy (non-hydrogen) atoms. The molecule has 0 atom stereocenters. The third kappa shape index (κ3) is 5.23. The van der Waals surface area contributed by atoms with Crippen LogP contribution in [0, 0.1) is 0 Å². The van der Waals surface area contributed by atoms with Crippen molar-refractivity contribution in [2.24, 2.45) is 0 Å². The largest absolute Gasteiger partial charge is 0.469 e. The van der Waals surface area contributed by atoms with E-state index < -0.39 is 50.2 Å². The minimum Gasteiger partial charge on any atom is -0.469 e. The lowest BCUT2D eigenvalue weighted by Crippen LogP contribution is -2.47. The van der Waals surface area contributed by atoms with Crippen molar-refractivity contribution >= 4 is 17.9 Å². The van der Waals surface area contributed by atoms with E-state index in [-0.39, 0.29) is 0 Å². The van der Waals surface area contributed by atoms with Crippen LogP contribution in [-0.2, 0) is 38.1 Å². The minimum atomic E-state index is -3.08. The van der Waals surface area contributed by atoms with Crippen LogP contribution in [0.3, 0.4) is 0 Å². The zero-order chi connectivity index (χ0) is 17.4. The van der Waals surface area contributed by atoms with E-state index in [2.05, 4.69) is 18.9 Å². The van der Waals surface area contributed by atoms with E-state index in [1.54, 1.807) is 0 Å². The number of hydrogen-bond acceptors (Lipinski definition) is 8. The predicted octanol–water partition coefficient (Wildman–Crippen LogP) is -0.355. The summed E-state index contributed by atoms with van der Waals surface area (Å²) in [5.74, 6) is -3.26. The van der Waals surface area contributed by atoms with Crippen LogP contribution in [0.5, 0.6) is 0 Å². The molecule has 0 unspecified atom stereocenters. The topological polar surface area (TPSA) is 97.4 Å². The summed E-state index contributed by atoms with van der Waals surface area (Å²) in [6.07, 6.45) is -1.51. The first-order valence-electron chi connectivity index (χ1n) is 6.60. The molecule has 0 heterocycles. The minimum absolute atomic E-state index is 0.496. The Kier molecular flexibility index (Phi) is 5.49. The normalized spacial score (nSPS) is 13.7. The van der Waals surface area contributed by atoms with E-state index in [9.17, 15) is 14.4 Å². The van der Waals surface area contributed by atoms with Gasteiger partial charge in [0, 0.05) is 7.11 Å². The SMILES string of the molecule is [2H]C([2H])([2H])OC(=O)C(CC(=O)OC)(CC(=O)OC)OCOC. The molecule has 0 amide bonds. The fourth-order valence-corrected chi connectivity index (χ4v) is 1.24. The second-order valence-electron chi connectivity index (χ2n) is 3.44. The Morgan fingerprint density at radius 1 is 1.00 bits per heavy atom. The van der Waals surface area contributed by atoms with Crippen molar-refractivity contribution in [1.82, 2.24) is 0 Å². The highest BCUT2D eigenvalue weighted by Crippen LogP contribution is 2.24. The van der Waals surface area contributed by atoms with Crippen molar-refractivity contribution < 1.29 is 42.2 Å². The lowest BCUT2D eigenvalue weighted by atomic mass is 9.95. The summed E-state index contributed by atoms with van der Waals surface area (Å²) in [6.45, 7) is -0.496. The van der Waals surface area contributed by atoms with Gasteiger partial charge in [0.05, 0.1) is 38.2 Å². The first-order chi connectivity index (χ1) is 10.1. The summed E-state index contributed by atoms with van der Waals surface area (Å²) in [5.41, 5.74) is -2.23. The maximum Gasteiger partial charge on any atom is 0.339 e. The van der Waals surface area contributed by atoms with Crippen LogP contribution >= 0.6 is 0 Å². The average molecular weight is 281 g/mol. The van der Waals surface area contributed by atoms with Crippen LogP contribution in [0.2, 0.25) is 0 Å². The first-order valence-corrected chi connectivity index (χ1v) is 5.10. The molecule has 0 N–H and O–H groups in total. The quantitative estimate of drug-likeness (QED) is 0.338. The predicted molar refractivity (Wildman–Crippen MR) is 61.0 cm³/mol. The van der Waals surface area contributed by atoms with Gasteiger partial charge in [0.15, 0.2) is 5.60 Å². The number of carbonyl (C=O) groups is 3. The lowest BCUT2D eigenvalue weighted by Gasteiger charge is -2.28. The molecule has 8 nitrogen and oxygen atoms in total. The number of methoxy groups -OCH3 is 4. The fourth-order valence-electron chi connectivity index (χ4n) is 1.24. The van der Waals surface area contributed by atoms with Crippen LogP contribution < -0.4 is 0 Å². The Bertz CT molecular complexity index is 389. The molecule has 0 aliphatic heterocycles. The van der Waals surface area contributed by atoms with Gasteiger partial charge in [-0.25, -0.2) is 4.79 Å². The Labute approximate surface area is 115 Å². The van der Waals surface area contributed by atoms with Gasteiger partial charge in [-0.2, -0.15) is 0 Å². The number of ether oxygens (including phenoxy) is 5. The molecule has 0 spiro atoms. The zero-order valence-corrected chi connectivity index (χ0v) is 10.9. The third-order valence-electron chi connectivity index (χ3n) is 2.23. The average Bonchev–Trinajstić information content (AvgIpc) is 2.42. The lowest BCUT2D eigenvalue weighted by molar-refractivity contribution is -0.196. The summed E-state index contributed by atoms with van der Waals surface area (Å²) >= 11 is 0. The zero-order valence-electron chi connectivity index (χ0n) is 13.9. The van der Waals surface area contributed by atoms with Gasteiger partial charge in [0.25, 0.3) is 0 Å². The summed E-state index contributed by atoms with van der Waals surface area (Å²) in [4.78, 5) is 35.1. The van der Waals surface area contributed by atoms with E-state index in [4.69, 9.17) is 8.85 Å². The van der Waals surface area contributed by atoms with Gasteiger partial charge >= 0.3 is 17.9 Å². The molecule has 0 bridgehead atoms. The second-order valence-corrected chi connectivity index (χ2v) is 3.44. The number of esters is 3. The molecule has 0 aliphatic carbocycles. The van der Waals surface area contributed by atoms with Gasteiger partial charge in [-0.15, -0.1) is 0 Å². The molecule has 0 saturated heterocycles. The van der Waals surface area contributed by atoms with E-state index in [0.29, 0.717) is 0 Å². The van der Waals surface area contributed by atoms with Crippen molar-refractivity contribution in [1.29, 1.82) is 0 Å². The summed E-state index contributed by atoms with van der Waals surface area (Å²) in [6, 6.07) is 0. The summed E-state index contributed by atoms with van der Waals surface area (Å²) in [5, 5.41) is 0. The van der Waals surface area contributed by atoms with E-state index in [1.165, 1.54) is 7.11 Å². The Hall–Kier alpha value is -1.67. The van der Waals surface area contributed by atoms with Crippen molar-refractivity contribution in [2.45, 2.75) is 18.4 Å². The molecule has 0 fully saturated rings. The number of hydrogen-bond donors (Lipinski definition) is 0. The van der Waals surface area contributed by atoms with Crippen LogP contribution in [0.1, 0.15) is 17.0 Å². The molecule has 0 aromatic heterocycles. The Balaban J connectivity index is 5.54. The monoisotopic (exact) mass is 281 g/mol. The van der Waals surface area contributed by atoms with Gasteiger partial charge in [0.2, 0.25) is 0 Å². The van der Waals surface area contributed by atoms with Crippen LogP contribution in [0.4, 0.5) is 0 Å². The van der Waals surface area contributed by atoms with E-state index in [0.717, 1.165) is 14.2 Å². The van der Waals surface area contributed by atoms with Crippen LogP contribution in [0.25, 0.3) is 0 Å². The molecule has 8 heteroatoms. The van der Waals surface area contributed by atoms with Crippen molar-refractivity contribution in [2.75, 3.05) is 35.2 Å². The van der Waals surface area contributed by atoms with Crippen LogP contribution in [-0.4, -0.2) is 58.7 Å². The summed E-state index contributed by atoms with van der Waals surface area (Å²) < 4.78 is 43.6.